The third kappa shape index (κ3) is 2.75. The standard InChI is InChI=1S/C17H24O2/c1-17(2,3)14-10-11-15(18-4)16(19-5)13-9-7-6-8-12(13)14/h6-10,15-16H,11H2,1-5H3/t15-,16-/m0/s1. The number of benzene rings is 1. The highest BCUT2D eigenvalue weighted by Crippen LogP contribution is 2.42. The van der Waals surface area contributed by atoms with E-state index in [-0.39, 0.29) is 17.6 Å². The van der Waals surface area contributed by atoms with Crippen molar-refractivity contribution in [2.75, 3.05) is 14.2 Å². The molecule has 2 rings (SSSR count). The van der Waals surface area contributed by atoms with E-state index in [0.717, 1.165) is 6.42 Å². The van der Waals surface area contributed by atoms with Crippen molar-refractivity contribution in [3.63, 3.8) is 0 Å². The Morgan fingerprint density at radius 2 is 1.74 bits per heavy atom. The molecule has 0 fully saturated rings. The van der Waals surface area contributed by atoms with Crippen molar-refractivity contribution in [2.45, 2.75) is 39.4 Å². The molecule has 0 bridgehead atoms. The van der Waals surface area contributed by atoms with Gasteiger partial charge in [-0.2, -0.15) is 0 Å². The molecule has 1 aromatic carbocycles. The third-order valence-electron chi connectivity index (χ3n) is 3.81. The minimum absolute atomic E-state index is 0.00250. The van der Waals surface area contributed by atoms with Crippen LogP contribution in [0.3, 0.4) is 0 Å². The lowest BCUT2D eigenvalue weighted by Gasteiger charge is -2.26. The van der Waals surface area contributed by atoms with Crippen LogP contribution in [0.25, 0.3) is 5.57 Å². The fourth-order valence-corrected chi connectivity index (χ4v) is 2.87. The van der Waals surface area contributed by atoms with Crippen molar-refractivity contribution in [2.24, 2.45) is 5.41 Å². The van der Waals surface area contributed by atoms with Gasteiger partial charge in [0.2, 0.25) is 0 Å². The van der Waals surface area contributed by atoms with Gasteiger partial charge in [0.15, 0.2) is 0 Å². The van der Waals surface area contributed by atoms with Gasteiger partial charge in [0.05, 0.1) is 6.10 Å². The second-order valence-corrected chi connectivity index (χ2v) is 6.12. The Morgan fingerprint density at radius 1 is 1.05 bits per heavy atom. The van der Waals surface area contributed by atoms with Gasteiger partial charge in [-0.05, 0) is 28.5 Å². The van der Waals surface area contributed by atoms with Crippen molar-refractivity contribution < 1.29 is 9.47 Å². The summed E-state index contributed by atoms with van der Waals surface area (Å²) in [4.78, 5) is 0. The molecule has 0 radical (unpaired) electrons. The minimum Gasteiger partial charge on any atom is -0.378 e. The molecule has 2 heteroatoms. The van der Waals surface area contributed by atoms with Gasteiger partial charge in [-0.25, -0.2) is 0 Å². The number of allylic oxidation sites excluding steroid dienone is 1. The third-order valence-corrected chi connectivity index (χ3v) is 3.81. The van der Waals surface area contributed by atoms with E-state index in [2.05, 4.69) is 51.1 Å². The number of hydrogen-bond acceptors (Lipinski definition) is 2. The first-order chi connectivity index (χ1) is 8.99. The summed E-state index contributed by atoms with van der Waals surface area (Å²) in [6, 6.07) is 8.51. The number of rotatable bonds is 2. The molecule has 2 nitrogen and oxygen atoms in total. The molecule has 0 unspecified atom stereocenters. The van der Waals surface area contributed by atoms with Crippen LogP contribution in [0.1, 0.15) is 44.4 Å². The van der Waals surface area contributed by atoms with E-state index in [4.69, 9.17) is 9.47 Å². The quantitative estimate of drug-likeness (QED) is 0.792. The molecule has 0 N–H and O–H groups in total. The number of hydrogen-bond donors (Lipinski definition) is 0. The Kier molecular flexibility index (Phi) is 4.12. The molecule has 104 valence electrons. The van der Waals surface area contributed by atoms with E-state index in [9.17, 15) is 0 Å². The van der Waals surface area contributed by atoms with Crippen LogP contribution in [-0.2, 0) is 9.47 Å². The zero-order valence-corrected chi connectivity index (χ0v) is 12.6. The lowest BCUT2D eigenvalue weighted by molar-refractivity contribution is -0.0352. The molecule has 0 saturated carbocycles. The van der Waals surface area contributed by atoms with Crippen molar-refractivity contribution in [3.05, 3.63) is 41.5 Å². The smallest absolute Gasteiger partial charge is 0.109 e. The summed E-state index contributed by atoms with van der Waals surface area (Å²) in [5.41, 5.74) is 4.03. The second-order valence-electron chi connectivity index (χ2n) is 6.12. The van der Waals surface area contributed by atoms with E-state index in [0.29, 0.717) is 0 Å². The lowest BCUT2D eigenvalue weighted by Crippen LogP contribution is -2.21. The molecule has 1 aromatic rings. The zero-order chi connectivity index (χ0) is 14.0. The van der Waals surface area contributed by atoms with Gasteiger partial charge < -0.3 is 9.47 Å². The van der Waals surface area contributed by atoms with E-state index in [1.807, 2.05) is 0 Å². The molecule has 0 spiro atoms. The molecule has 0 heterocycles. The van der Waals surface area contributed by atoms with Crippen LogP contribution in [-0.4, -0.2) is 20.3 Å². The Bertz CT molecular complexity index is 468. The Hall–Kier alpha value is -1.12. The van der Waals surface area contributed by atoms with Crippen LogP contribution < -0.4 is 0 Å². The molecule has 0 amide bonds. The van der Waals surface area contributed by atoms with Gasteiger partial charge in [-0.3, -0.25) is 0 Å². The number of methoxy groups -OCH3 is 2. The van der Waals surface area contributed by atoms with E-state index in [1.54, 1.807) is 14.2 Å². The summed E-state index contributed by atoms with van der Waals surface area (Å²) in [5, 5.41) is 0. The van der Waals surface area contributed by atoms with Crippen LogP contribution in [0, 0.1) is 5.41 Å². The summed E-state index contributed by atoms with van der Waals surface area (Å²) in [5.74, 6) is 0. The van der Waals surface area contributed by atoms with Crippen molar-refractivity contribution >= 4 is 5.57 Å². The van der Waals surface area contributed by atoms with Gasteiger partial charge in [0.25, 0.3) is 0 Å². The molecule has 2 atom stereocenters. The summed E-state index contributed by atoms with van der Waals surface area (Å²) in [6.45, 7) is 6.76. The van der Waals surface area contributed by atoms with Crippen LogP contribution in [0.15, 0.2) is 30.3 Å². The molecule has 0 aliphatic heterocycles. The van der Waals surface area contributed by atoms with Crippen LogP contribution in [0.2, 0.25) is 0 Å². The molecule has 19 heavy (non-hydrogen) atoms. The fraction of sp³-hybridized carbons (Fsp3) is 0.529. The SMILES string of the molecule is CO[C@H]1CC=C(C(C)(C)C)c2ccccc2[C@@H]1OC. The van der Waals surface area contributed by atoms with Gasteiger partial charge >= 0.3 is 0 Å². The van der Waals surface area contributed by atoms with Gasteiger partial charge in [0.1, 0.15) is 6.10 Å². The summed E-state index contributed by atoms with van der Waals surface area (Å²) >= 11 is 0. The topological polar surface area (TPSA) is 18.5 Å². The molecule has 0 saturated heterocycles. The van der Waals surface area contributed by atoms with Gasteiger partial charge in [-0.1, -0.05) is 51.1 Å². The monoisotopic (exact) mass is 260 g/mol. The predicted molar refractivity (Wildman–Crippen MR) is 79.0 cm³/mol. The van der Waals surface area contributed by atoms with Gasteiger partial charge in [0, 0.05) is 14.2 Å². The number of ether oxygens (including phenoxy) is 2. The van der Waals surface area contributed by atoms with E-state index in [1.165, 1.54) is 16.7 Å². The summed E-state index contributed by atoms with van der Waals surface area (Å²) < 4.78 is 11.3. The highest BCUT2D eigenvalue weighted by molar-refractivity contribution is 5.73. The zero-order valence-electron chi connectivity index (χ0n) is 12.6. The molecule has 1 aliphatic rings. The Morgan fingerprint density at radius 3 is 2.32 bits per heavy atom. The largest absolute Gasteiger partial charge is 0.378 e. The summed E-state index contributed by atoms with van der Waals surface area (Å²) in [6.07, 6.45) is 3.27. The first-order valence-corrected chi connectivity index (χ1v) is 6.84. The van der Waals surface area contributed by atoms with Crippen molar-refractivity contribution in [1.82, 2.24) is 0 Å². The van der Waals surface area contributed by atoms with Crippen molar-refractivity contribution in [1.29, 1.82) is 0 Å². The fourth-order valence-electron chi connectivity index (χ4n) is 2.87. The van der Waals surface area contributed by atoms with E-state index < -0.39 is 0 Å². The highest BCUT2D eigenvalue weighted by Gasteiger charge is 2.31. The molecular weight excluding hydrogens is 236 g/mol. The minimum atomic E-state index is -0.00250. The van der Waals surface area contributed by atoms with Crippen LogP contribution >= 0.6 is 0 Å². The first kappa shape index (κ1) is 14.3. The van der Waals surface area contributed by atoms with Gasteiger partial charge in [-0.15, -0.1) is 0 Å². The average Bonchev–Trinajstić information content (AvgIpc) is 2.53. The molecular formula is C17H24O2. The summed E-state index contributed by atoms with van der Waals surface area (Å²) in [7, 11) is 3.52. The molecule has 0 aromatic heterocycles. The van der Waals surface area contributed by atoms with Crippen LogP contribution in [0.5, 0.6) is 0 Å². The maximum atomic E-state index is 5.70. The number of fused-ring (bicyclic) bond motifs is 1. The average molecular weight is 260 g/mol. The van der Waals surface area contributed by atoms with Crippen LogP contribution in [0.4, 0.5) is 0 Å². The maximum Gasteiger partial charge on any atom is 0.109 e. The first-order valence-electron chi connectivity index (χ1n) is 6.84. The lowest BCUT2D eigenvalue weighted by atomic mass is 9.80. The van der Waals surface area contributed by atoms with E-state index >= 15 is 0 Å². The van der Waals surface area contributed by atoms with Crippen molar-refractivity contribution in [3.8, 4) is 0 Å². The Balaban J connectivity index is 2.58. The normalized spacial score (nSPS) is 23.5. The predicted octanol–water partition coefficient (Wildman–Crippen LogP) is 4.22. The highest BCUT2D eigenvalue weighted by atomic mass is 16.5. The Labute approximate surface area is 116 Å². The molecule has 1 aliphatic carbocycles. The second kappa shape index (κ2) is 5.48. The maximum absolute atomic E-state index is 5.70.